The first-order valence-corrected chi connectivity index (χ1v) is 9.70. The van der Waals surface area contributed by atoms with E-state index < -0.39 is 24.2 Å². The zero-order valence-electron chi connectivity index (χ0n) is 15.1. The summed E-state index contributed by atoms with van der Waals surface area (Å²) in [5.41, 5.74) is -0.752. The van der Waals surface area contributed by atoms with Crippen molar-refractivity contribution in [2.45, 2.75) is 18.5 Å². The molecule has 13 heteroatoms. The van der Waals surface area contributed by atoms with Gasteiger partial charge in [0, 0.05) is 18.3 Å². The van der Waals surface area contributed by atoms with Gasteiger partial charge in [-0.1, -0.05) is 11.6 Å². The van der Waals surface area contributed by atoms with Crippen LogP contribution in [0.25, 0.3) is 16.7 Å². The van der Waals surface area contributed by atoms with E-state index in [9.17, 15) is 18.0 Å². The van der Waals surface area contributed by atoms with Crippen LogP contribution in [0.5, 0.6) is 0 Å². The first kappa shape index (κ1) is 19.0. The molecule has 5 rings (SSSR count). The molecule has 1 N–H and O–H groups in total. The number of carbonyl (C=O) groups is 1. The number of nitrogens with zero attached hydrogens (tertiary/aromatic N) is 6. The number of hydrogen-bond acceptors (Lipinski definition) is 6. The van der Waals surface area contributed by atoms with E-state index >= 15 is 0 Å². The molecule has 0 bridgehead atoms. The molecule has 4 heterocycles. The van der Waals surface area contributed by atoms with E-state index in [1.807, 2.05) is 0 Å². The fourth-order valence-corrected chi connectivity index (χ4v) is 4.23. The van der Waals surface area contributed by atoms with Gasteiger partial charge in [0.05, 0.1) is 29.3 Å². The number of hydrogen-bond donors (Lipinski definition) is 1. The predicted octanol–water partition coefficient (Wildman–Crippen LogP) is 4.26. The molecule has 0 saturated carbocycles. The molecule has 2 amide bonds. The van der Waals surface area contributed by atoms with Crippen molar-refractivity contribution in [3.05, 3.63) is 41.3 Å². The normalized spacial score (nSPS) is 18.9. The summed E-state index contributed by atoms with van der Waals surface area (Å²) < 4.78 is 51.5. The summed E-state index contributed by atoms with van der Waals surface area (Å²) in [7, 11) is 0. The monoisotopic (exact) mass is 453 g/mol. The van der Waals surface area contributed by atoms with Crippen LogP contribution in [0.2, 0.25) is 5.15 Å². The molecule has 1 unspecified atom stereocenters. The number of carbonyl (C=O) groups excluding carboxylic acids is 1. The Labute approximate surface area is 175 Å². The number of urea groups is 1. The number of benzene rings is 1. The van der Waals surface area contributed by atoms with Gasteiger partial charge in [0.1, 0.15) is 16.4 Å². The van der Waals surface area contributed by atoms with E-state index in [0.717, 1.165) is 28.1 Å². The van der Waals surface area contributed by atoms with Crippen LogP contribution in [0.15, 0.2) is 30.5 Å². The highest BCUT2D eigenvalue weighted by atomic mass is 35.5. The second kappa shape index (κ2) is 6.25. The number of fused-ring (bicyclic) bond motifs is 4. The molecule has 4 aromatic rings. The third-order valence-electron chi connectivity index (χ3n) is 5.10. The summed E-state index contributed by atoms with van der Waals surface area (Å²) >= 11 is 6.91. The van der Waals surface area contributed by atoms with Crippen molar-refractivity contribution >= 4 is 57.4 Å². The molecule has 154 valence electrons. The summed E-state index contributed by atoms with van der Waals surface area (Å²) in [6.07, 6.45) is -3.42. The van der Waals surface area contributed by atoms with Gasteiger partial charge < -0.3 is 5.32 Å². The first-order valence-electron chi connectivity index (χ1n) is 8.60. The highest BCUT2D eigenvalue weighted by Gasteiger charge is 2.60. The minimum Gasteiger partial charge on any atom is -0.307 e. The van der Waals surface area contributed by atoms with Gasteiger partial charge in [0.2, 0.25) is 0 Å². The molecule has 1 aliphatic rings. The van der Waals surface area contributed by atoms with E-state index in [-0.39, 0.29) is 22.2 Å². The average molecular weight is 454 g/mol. The van der Waals surface area contributed by atoms with Gasteiger partial charge in [0.25, 0.3) is 0 Å². The van der Waals surface area contributed by atoms with E-state index in [0.29, 0.717) is 16.7 Å². The van der Waals surface area contributed by atoms with Crippen LogP contribution in [-0.4, -0.2) is 42.1 Å². The van der Waals surface area contributed by atoms with Gasteiger partial charge in [0.15, 0.2) is 10.8 Å². The van der Waals surface area contributed by atoms with Gasteiger partial charge in [-0.2, -0.15) is 27.0 Å². The Morgan fingerprint density at radius 3 is 2.80 bits per heavy atom. The lowest BCUT2D eigenvalue weighted by molar-refractivity contribution is -0.181. The average Bonchev–Trinajstić information content (AvgIpc) is 3.35. The van der Waals surface area contributed by atoms with Gasteiger partial charge in [-0.25, -0.2) is 14.3 Å². The molecule has 0 fully saturated rings. The van der Waals surface area contributed by atoms with Crippen molar-refractivity contribution in [2.24, 2.45) is 0 Å². The Bertz CT molecular complexity index is 1320. The standard InChI is InChI=1S/C17H11ClF3N7OS/c1-16(17(19,20)21)7-27(11-6-22-13-5-12(18)24-28(13)14(11)16)15(29)23-8-2-3-9-10(4-8)26-30-25-9/h2-6H,7H2,1H3,(H,23,29). The van der Waals surface area contributed by atoms with Gasteiger partial charge >= 0.3 is 12.2 Å². The van der Waals surface area contributed by atoms with Crippen molar-refractivity contribution in [3.63, 3.8) is 0 Å². The Balaban J connectivity index is 1.58. The van der Waals surface area contributed by atoms with Crippen LogP contribution < -0.4 is 10.2 Å². The molecule has 1 atom stereocenters. The Morgan fingerprint density at radius 2 is 2.03 bits per heavy atom. The maximum Gasteiger partial charge on any atom is 0.401 e. The smallest absolute Gasteiger partial charge is 0.307 e. The maximum absolute atomic E-state index is 14.1. The van der Waals surface area contributed by atoms with Crippen LogP contribution in [0.4, 0.5) is 29.3 Å². The minimum absolute atomic E-state index is 0.00787. The minimum atomic E-state index is -4.64. The lowest BCUT2D eigenvalue weighted by Gasteiger charge is -2.28. The van der Waals surface area contributed by atoms with Gasteiger partial charge in [-0.3, -0.25) is 4.90 Å². The van der Waals surface area contributed by atoms with Crippen LogP contribution in [0.1, 0.15) is 12.6 Å². The number of halogens is 4. The van der Waals surface area contributed by atoms with E-state index in [2.05, 4.69) is 24.1 Å². The second-order valence-electron chi connectivity index (χ2n) is 7.04. The molecule has 0 aliphatic carbocycles. The Hall–Kier alpha value is -2.99. The van der Waals surface area contributed by atoms with Crippen molar-refractivity contribution in [1.29, 1.82) is 0 Å². The van der Waals surface area contributed by atoms with E-state index in [1.54, 1.807) is 18.2 Å². The van der Waals surface area contributed by atoms with Crippen LogP contribution in [0.3, 0.4) is 0 Å². The third kappa shape index (κ3) is 2.70. The topological polar surface area (TPSA) is 88.3 Å². The van der Waals surface area contributed by atoms with Crippen LogP contribution in [-0.2, 0) is 5.41 Å². The number of alkyl halides is 3. The quantitative estimate of drug-likeness (QED) is 0.465. The number of rotatable bonds is 1. The number of aromatic nitrogens is 5. The number of nitrogens with one attached hydrogen (secondary N) is 1. The van der Waals surface area contributed by atoms with Crippen molar-refractivity contribution < 1.29 is 18.0 Å². The zero-order chi connectivity index (χ0) is 21.3. The fraction of sp³-hybridized carbons (Fsp3) is 0.235. The summed E-state index contributed by atoms with van der Waals surface area (Å²) in [4.78, 5) is 18.1. The lowest BCUT2D eigenvalue weighted by Crippen LogP contribution is -2.46. The molecule has 8 nitrogen and oxygen atoms in total. The summed E-state index contributed by atoms with van der Waals surface area (Å²) in [5.74, 6) is 0. The van der Waals surface area contributed by atoms with E-state index in [4.69, 9.17) is 11.6 Å². The van der Waals surface area contributed by atoms with Crippen molar-refractivity contribution in [2.75, 3.05) is 16.8 Å². The molecule has 0 saturated heterocycles. The molecule has 1 aromatic carbocycles. The molecular formula is C17H11ClF3N7OS. The number of amides is 2. The molecule has 1 aliphatic heterocycles. The van der Waals surface area contributed by atoms with E-state index in [1.165, 1.54) is 12.3 Å². The first-order chi connectivity index (χ1) is 14.2. The second-order valence-corrected chi connectivity index (χ2v) is 7.96. The van der Waals surface area contributed by atoms with Crippen LogP contribution >= 0.6 is 23.3 Å². The van der Waals surface area contributed by atoms with Crippen molar-refractivity contribution in [3.8, 4) is 0 Å². The molecule has 0 spiro atoms. The predicted molar refractivity (Wildman–Crippen MR) is 105 cm³/mol. The molecular weight excluding hydrogens is 443 g/mol. The Kier molecular flexibility index (Phi) is 3.96. The third-order valence-corrected chi connectivity index (χ3v) is 5.84. The fourth-order valence-electron chi connectivity index (χ4n) is 3.54. The largest absolute Gasteiger partial charge is 0.401 e. The maximum atomic E-state index is 14.1. The zero-order valence-corrected chi connectivity index (χ0v) is 16.7. The summed E-state index contributed by atoms with van der Waals surface area (Å²) in [6.45, 7) is 0.400. The number of anilines is 2. The SMILES string of the molecule is CC1(C(F)(F)F)CN(C(=O)Nc2ccc3nsnc3c2)c2cnc3cc(Cl)nn3c21. The molecule has 0 radical (unpaired) electrons. The van der Waals surface area contributed by atoms with Gasteiger partial charge in [-0.05, 0) is 25.1 Å². The highest BCUT2D eigenvalue weighted by molar-refractivity contribution is 7.00. The molecule has 30 heavy (non-hydrogen) atoms. The lowest BCUT2D eigenvalue weighted by atomic mass is 9.88. The molecule has 3 aromatic heterocycles. The highest BCUT2D eigenvalue weighted by Crippen LogP contribution is 2.50. The Morgan fingerprint density at radius 1 is 1.27 bits per heavy atom. The van der Waals surface area contributed by atoms with Crippen molar-refractivity contribution in [1.82, 2.24) is 23.3 Å². The van der Waals surface area contributed by atoms with Crippen LogP contribution in [0, 0.1) is 0 Å². The summed E-state index contributed by atoms with van der Waals surface area (Å²) in [6, 6.07) is 5.51. The summed E-state index contributed by atoms with van der Waals surface area (Å²) in [5, 5.41) is 6.58. The van der Waals surface area contributed by atoms with Gasteiger partial charge in [-0.15, -0.1) is 0 Å².